The normalized spacial score (nSPS) is 16.2. The predicted octanol–water partition coefficient (Wildman–Crippen LogP) is 0.706. The molecule has 0 spiro atoms. The molecule has 1 aliphatic rings. The van der Waals surface area contributed by atoms with E-state index in [2.05, 4.69) is 10.5 Å². The summed E-state index contributed by atoms with van der Waals surface area (Å²) in [5.41, 5.74) is 1.06. The fraction of sp³-hybridized carbons (Fsp3) is 0.300. The first kappa shape index (κ1) is 15.8. The lowest BCUT2D eigenvalue weighted by Gasteiger charge is -2.19. The Bertz CT molecular complexity index is 377. The number of nitrogens with one attached hydrogen (secondary N) is 1. The number of aliphatic hydroxyl groups excluding tert-OH is 1. The minimum absolute atomic E-state index is 0. The maximum Gasteiger partial charge on any atom is 0.252 e. The molecule has 0 aliphatic carbocycles. The number of carbonyl (C=O) groups excluding carboxylic acids is 1. The van der Waals surface area contributed by atoms with Crippen LogP contribution in [0.5, 0.6) is 0 Å². The van der Waals surface area contributed by atoms with Crippen LogP contribution in [0.2, 0.25) is 0 Å². The zero-order valence-corrected chi connectivity index (χ0v) is 11.6. The number of nitroso groups, excluding NO2 is 1. The molecule has 1 aliphatic heterocycles. The number of nitrogens with zero attached hydrogens (tertiary/aromatic N) is 2. The summed E-state index contributed by atoms with van der Waals surface area (Å²) in [7, 11) is 1.71. The fourth-order valence-corrected chi connectivity index (χ4v) is 1.21. The van der Waals surface area contributed by atoms with Crippen molar-refractivity contribution in [3.8, 4) is 0 Å². The van der Waals surface area contributed by atoms with Crippen LogP contribution in [0.3, 0.4) is 0 Å². The van der Waals surface area contributed by atoms with Gasteiger partial charge in [0.1, 0.15) is 0 Å². The molecule has 2 N–H and O–H groups in total. The number of hydrogen-bond donors (Lipinski definition) is 2. The van der Waals surface area contributed by atoms with Crippen molar-refractivity contribution in [2.45, 2.75) is 0 Å². The van der Waals surface area contributed by atoms with Gasteiger partial charge in [0.25, 0.3) is 5.91 Å². The first-order valence-electron chi connectivity index (χ1n) is 4.73. The molecule has 6 nitrogen and oxygen atoms in total. The van der Waals surface area contributed by atoms with E-state index >= 15 is 0 Å². The lowest BCUT2D eigenvalue weighted by Crippen LogP contribution is -2.29. The van der Waals surface area contributed by atoms with Crippen molar-refractivity contribution in [3.63, 3.8) is 0 Å². The molecule has 0 atom stereocenters. The summed E-state index contributed by atoms with van der Waals surface area (Å²) < 4.78 is 0. The number of halogens is 1. The topological polar surface area (TPSA) is 82.0 Å². The SMILES string of the molecule is CN1C=C(C(=O)NCCO)C=CC1=CN=O.I. The summed E-state index contributed by atoms with van der Waals surface area (Å²) in [6, 6.07) is 0. The number of likely N-dealkylation sites (N-methyl/N-ethyl adjacent to an activating group) is 1. The fourth-order valence-electron chi connectivity index (χ4n) is 1.21. The predicted molar refractivity (Wildman–Crippen MR) is 74.4 cm³/mol. The number of carbonyl (C=O) groups is 1. The monoisotopic (exact) mass is 351 g/mol. The van der Waals surface area contributed by atoms with Crippen molar-refractivity contribution in [3.05, 3.63) is 40.7 Å². The molecule has 7 heteroatoms. The van der Waals surface area contributed by atoms with Crippen molar-refractivity contribution >= 4 is 29.9 Å². The summed E-state index contributed by atoms with van der Waals surface area (Å²) >= 11 is 0. The van der Waals surface area contributed by atoms with Gasteiger partial charge >= 0.3 is 0 Å². The van der Waals surface area contributed by atoms with Gasteiger partial charge in [-0.2, -0.15) is 0 Å². The third kappa shape index (κ3) is 4.65. The van der Waals surface area contributed by atoms with Gasteiger partial charge in [0, 0.05) is 19.8 Å². The molecule has 0 radical (unpaired) electrons. The average molecular weight is 351 g/mol. The van der Waals surface area contributed by atoms with E-state index in [0.717, 1.165) is 6.20 Å². The van der Waals surface area contributed by atoms with Crippen LogP contribution in [-0.4, -0.2) is 36.1 Å². The van der Waals surface area contributed by atoms with Crippen LogP contribution in [0.1, 0.15) is 0 Å². The summed E-state index contributed by atoms with van der Waals surface area (Å²) in [5.74, 6) is -0.268. The minimum Gasteiger partial charge on any atom is -0.395 e. The van der Waals surface area contributed by atoms with Gasteiger partial charge < -0.3 is 15.3 Å². The van der Waals surface area contributed by atoms with Crippen molar-refractivity contribution < 1.29 is 9.90 Å². The number of amides is 1. The van der Waals surface area contributed by atoms with Crippen LogP contribution >= 0.6 is 24.0 Å². The molecule has 17 heavy (non-hydrogen) atoms. The third-order valence-electron chi connectivity index (χ3n) is 2.02. The summed E-state index contributed by atoms with van der Waals surface area (Å²) in [6.07, 6.45) is 5.96. The Balaban J connectivity index is 0.00000256. The average Bonchev–Trinajstić information content (AvgIpc) is 2.29. The quantitative estimate of drug-likeness (QED) is 0.577. The van der Waals surface area contributed by atoms with Crippen LogP contribution in [0.15, 0.2) is 41.0 Å². The summed E-state index contributed by atoms with van der Waals surface area (Å²) in [4.78, 5) is 23.2. The molecule has 1 amide bonds. The van der Waals surface area contributed by atoms with Crippen molar-refractivity contribution in [2.24, 2.45) is 5.18 Å². The summed E-state index contributed by atoms with van der Waals surface area (Å²) in [5, 5.41) is 13.7. The van der Waals surface area contributed by atoms with Crippen LogP contribution < -0.4 is 5.32 Å². The Labute approximate surface area is 116 Å². The van der Waals surface area contributed by atoms with Crippen molar-refractivity contribution in [1.82, 2.24) is 10.2 Å². The maximum absolute atomic E-state index is 11.5. The Hall–Kier alpha value is -1.22. The largest absolute Gasteiger partial charge is 0.395 e. The van der Waals surface area contributed by atoms with Gasteiger partial charge in [0.05, 0.1) is 24.1 Å². The van der Waals surface area contributed by atoms with E-state index in [9.17, 15) is 9.70 Å². The van der Waals surface area contributed by atoms with Crippen molar-refractivity contribution in [1.29, 1.82) is 0 Å². The molecule has 0 saturated carbocycles. The molecule has 94 valence electrons. The van der Waals surface area contributed by atoms with E-state index in [1.165, 1.54) is 0 Å². The van der Waals surface area contributed by atoms with E-state index in [-0.39, 0.29) is 43.0 Å². The van der Waals surface area contributed by atoms with E-state index in [4.69, 9.17) is 5.11 Å². The molecule has 1 heterocycles. The highest BCUT2D eigenvalue weighted by Crippen LogP contribution is 2.14. The van der Waals surface area contributed by atoms with Gasteiger partial charge in [-0.3, -0.25) is 4.79 Å². The first-order chi connectivity index (χ1) is 7.69. The van der Waals surface area contributed by atoms with Crippen LogP contribution in [0.4, 0.5) is 0 Å². The second-order valence-corrected chi connectivity index (χ2v) is 3.17. The molecule has 0 aromatic heterocycles. The first-order valence-corrected chi connectivity index (χ1v) is 4.73. The molecule has 0 unspecified atom stereocenters. The van der Waals surface area contributed by atoms with Gasteiger partial charge in [0.15, 0.2) is 0 Å². The lowest BCUT2D eigenvalue weighted by atomic mass is 10.1. The molecule has 0 fully saturated rings. The number of rotatable bonds is 4. The lowest BCUT2D eigenvalue weighted by molar-refractivity contribution is -0.117. The Kier molecular flexibility index (Phi) is 7.39. The highest BCUT2D eigenvalue weighted by Gasteiger charge is 2.12. The second kappa shape index (κ2) is 7.96. The Morgan fingerprint density at radius 1 is 1.59 bits per heavy atom. The highest BCUT2D eigenvalue weighted by atomic mass is 127. The Morgan fingerprint density at radius 2 is 2.29 bits per heavy atom. The van der Waals surface area contributed by atoms with Gasteiger partial charge in [-0.1, -0.05) is 0 Å². The second-order valence-electron chi connectivity index (χ2n) is 3.17. The van der Waals surface area contributed by atoms with E-state index in [0.29, 0.717) is 11.3 Å². The molecular formula is C10H14IN3O3. The molecule has 0 saturated heterocycles. The number of allylic oxidation sites excluding steroid dienone is 1. The smallest absolute Gasteiger partial charge is 0.252 e. The molecule has 0 aromatic carbocycles. The Morgan fingerprint density at radius 3 is 2.82 bits per heavy atom. The third-order valence-corrected chi connectivity index (χ3v) is 2.02. The van der Waals surface area contributed by atoms with Crippen LogP contribution in [-0.2, 0) is 4.79 Å². The van der Waals surface area contributed by atoms with E-state index < -0.39 is 0 Å². The maximum atomic E-state index is 11.5. The van der Waals surface area contributed by atoms with E-state index in [1.54, 1.807) is 30.3 Å². The molecule has 1 rings (SSSR count). The minimum atomic E-state index is -0.268. The highest BCUT2D eigenvalue weighted by molar-refractivity contribution is 14.0. The van der Waals surface area contributed by atoms with E-state index in [1.807, 2.05) is 0 Å². The van der Waals surface area contributed by atoms with Crippen LogP contribution in [0.25, 0.3) is 0 Å². The van der Waals surface area contributed by atoms with Gasteiger partial charge in [-0.05, 0) is 17.3 Å². The van der Waals surface area contributed by atoms with Gasteiger partial charge in [-0.25, -0.2) is 0 Å². The zero-order chi connectivity index (χ0) is 12.0. The molecular weight excluding hydrogens is 337 g/mol. The zero-order valence-electron chi connectivity index (χ0n) is 9.29. The number of aliphatic hydroxyl groups is 1. The molecule has 0 aromatic rings. The van der Waals surface area contributed by atoms with Gasteiger partial charge in [-0.15, -0.1) is 28.9 Å². The van der Waals surface area contributed by atoms with Crippen LogP contribution in [0, 0.1) is 4.91 Å². The van der Waals surface area contributed by atoms with Crippen molar-refractivity contribution in [2.75, 3.05) is 20.2 Å². The summed E-state index contributed by atoms with van der Waals surface area (Å²) in [6.45, 7) is 0.116. The van der Waals surface area contributed by atoms with Gasteiger partial charge in [0.2, 0.25) is 0 Å². The molecule has 0 bridgehead atoms. The standard InChI is InChI=1S/C10H13N3O3.HI/c1-13-7-8(10(15)11-4-5-14)2-3-9(13)6-12-16;/h2-3,6-7,14H,4-5H2,1H3,(H,11,15);1H. The number of hydrogen-bond acceptors (Lipinski definition) is 5.